The largest absolute Gasteiger partial charge is 0.390 e. The summed E-state index contributed by atoms with van der Waals surface area (Å²) in [5.41, 5.74) is 5.02. The molecule has 0 aromatic carbocycles. The van der Waals surface area contributed by atoms with E-state index in [9.17, 15) is 8.78 Å². The van der Waals surface area contributed by atoms with E-state index in [0.29, 0.717) is 0 Å². The molecule has 5 nitrogen and oxygen atoms in total. The Labute approximate surface area is 60.6 Å². The smallest absolute Gasteiger partial charge is 0.317 e. The molecule has 62 valence electrons. The highest BCUT2D eigenvalue weighted by atomic mass is 19.3. The minimum atomic E-state index is -2.46. The monoisotopic (exact) mass is 164 g/mol. The van der Waals surface area contributed by atoms with Crippen LogP contribution in [0, 0.1) is 0 Å². The van der Waals surface area contributed by atoms with Crippen molar-refractivity contribution in [3.05, 3.63) is 0 Å². The van der Waals surface area contributed by atoms with E-state index >= 15 is 0 Å². The van der Waals surface area contributed by atoms with Gasteiger partial charge in [0.1, 0.15) is 0 Å². The number of alkyl halides is 2. The van der Waals surface area contributed by atoms with Gasteiger partial charge < -0.3 is 15.5 Å². The maximum absolute atomic E-state index is 11.5. The summed E-state index contributed by atoms with van der Waals surface area (Å²) in [5, 5.41) is 8.74. The lowest BCUT2D eigenvalue weighted by atomic mass is 10.7. The normalized spacial score (nSPS) is 10.5. The second kappa shape index (κ2) is 3.13. The number of nitrogens with zero attached hydrogens (tertiary/aromatic N) is 2. The van der Waals surface area contributed by atoms with Crippen LogP contribution < -0.4 is 11.1 Å². The first kappa shape index (κ1) is 7.70. The number of hydrogen-bond acceptors (Lipinski definition) is 5. The number of nitrogens with two attached hydrogens (primary N) is 1. The Kier molecular flexibility index (Phi) is 2.19. The Bertz CT molecular complexity index is 226. The van der Waals surface area contributed by atoms with Gasteiger partial charge in [0.15, 0.2) is 0 Å². The lowest BCUT2D eigenvalue weighted by Crippen LogP contribution is -2.10. The van der Waals surface area contributed by atoms with Crippen LogP contribution in [0.3, 0.4) is 0 Å². The van der Waals surface area contributed by atoms with E-state index in [2.05, 4.69) is 19.9 Å². The lowest BCUT2D eigenvalue weighted by Gasteiger charge is -1.96. The summed E-state index contributed by atoms with van der Waals surface area (Å²) in [6.45, 7) is -0.526. The number of rotatable bonds is 3. The van der Waals surface area contributed by atoms with Crippen LogP contribution in [0.4, 0.5) is 20.8 Å². The molecule has 0 bridgehead atoms. The van der Waals surface area contributed by atoms with Gasteiger partial charge in [-0.25, -0.2) is 8.78 Å². The van der Waals surface area contributed by atoms with Crippen LogP contribution in [0.25, 0.3) is 0 Å². The lowest BCUT2D eigenvalue weighted by molar-refractivity contribution is 0.162. The molecule has 0 saturated heterocycles. The Hall–Kier alpha value is -1.40. The fraction of sp³-hybridized carbons (Fsp3) is 0.500. The van der Waals surface area contributed by atoms with Crippen LogP contribution in [0.5, 0.6) is 0 Å². The summed E-state index contributed by atoms with van der Waals surface area (Å²) < 4.78 is 27.6. The first-order chi connectivity index (χ1) is 5.18. The Balaban J connectivity index is 2.39. The van der Waals surface area contributed by atoms with Crippen LogP contribution in [-0.2, 0) is 0 Å². The molecule has 0 spiro atoms. The minimum absolute atomic E-state index is 0.0946. The molecule has 0 aliphatic heterocycles. The van der Waals surface area contributed by atoms with E-state index in [1.54, 1.807) is 0 Å². The van der Waals surface area contributed by atoms with E-state index in [1.807, 2.05) is 0 Å². The molecule has 11 heavy (non-hydrogen) atoms. The number of nitrogens with one attached hydrogen (secondary N) is 1. The summed E-state index contributed by atoms with van der Waals surface area (Å²) in [6, 6.07) is -0.246. The standard InChI is InChI=1S/C4H6F2N4O/c5-2(6)1-8-4-10-9-3(7)11-4/h2H,1H2,(H2,7,9)(H,8,10). The zero-order valence-corrected chi connectivity index (χ0v) is 5.42. The van der Waals surface area contributed by atoms with E-state index in [1.165, 1.54) is 0 Å². The molecule has 0 saturated carbocycles. The number of halogens is 2. The second-order valence-corrected chi connectivity index (χ2v) is 1.72. The predicted molar refractivity (Wildman–Crippen MR) is 33.2 cm³/mol. The maximum Gasteiger partial charge on any atom is 0.317 e. The molecule has 0 aliphatic carbocycles. The van der Waals surface area contributed by atoms with Crippen LogP contribution in [0.1, 0.15) is 0 Å². The number of hydrogen-bond donors (Lipinski definition) is 2. The SMILES string of the molecule is Nc1nnc(NCC(F)F)o1. The van der Waals surface area contributed by atoms with E-state index < -0.39 is 13.0 Å². The summed E-state index contributed by atoms with van der Waals surface area (Å²) in [7, 11) is 0. The molecule has 0 fully saturated rings. The summed E-state index contributed by atoms with van der Waals surface area (Å²) in [6.07, 6.45) is -2.46. The molecule has 0 unspecified atom stereocenters. The Morgan fingerprint density at radius 3 is 2.73 bits per heavy atom. The first-order valence-electron chi connectivity index (χ1n) is 2.79. The van der Waals surface area contributed by atoms with Gasteiger partial charge in [-0.15, -0.1) is 0 Å². The molecule has 1 rings (SSSR count). The molecule has 0 radical (unpaired) electrons. The summed E-state index contributed by atoms with van der Waals surface area (Å²) in [5.74, 6) is 0. The van der Waals surface area contributed by atoms with Crippen molar-refractivity contribution in [2.45, 2.75) is 6.43 Å². The molecule has 1 aromatic rings. The maximum atomic E-state index is 11.5. The highest BCUT2D eigenvalue weighted by Gasteiger charge is 2.05. The third-order valence-electron chi connectivity index (χ3n) is 0.848. The predicted octanol–water partition coefficient (Wildman–Crippen LogP) is 0.329. The van der Waals surface area contributed by atoms with E-state index in [4.69, 9.17) is 5.73 Å². The van der Waals surface area contributed by atoms with Gasteiger partial charge in [0, 0.05) is 0 Å². The van der Waals surface area contributed by atoms with Gasteiger partial charge in [-0.3, -0.25) is 0 Å². The third-order valence-corrected chi connectivity index (χ3v) is 0.848. The van der Waals surface area contributed by atoms with Crippen molar-refractivity contribution in [2.24, 2.45) is 0 Å². The quantitative estimate of drug-likeness (QED) is 0.673. The van der Waals surface area contributed by atoms with Crippen molar-refractivity contribution >= 4 is 12.0 Å². The van der Waals surface area contributed by atoms with E-state index in [-0.39, 0.29) is 12.0 Å². The molecular weight excluding hydrogens is 158 g/mol. The minimum Gasteiger partial charge on any atom is -0.390 e. The molecular formula is C4H6F2N4O. The number of anilines is 2. The average molecular weight is 164 g/mol. The molecule has 7 heteroatoms. The fourth-order valence-electron chi connectivity index (χ4n) is 0.470. The Morgan fingerprint density at radius 1 is 1.55 bits per heavy atom. The van der Waals surface area contributed by atoms with Crippen molar-refractivity contribution in [1.82, 2.24) is 10.2 Å². The van der Waals surface area contributed by atoms with Crippen LogP contribution in [0.2, 0.25) is 0 Å². The van der Waals surface area contributed by atoms with Crippen molar-refractivity contribution in [3.63, 3.8) is 0 Å². The van der Waals surface area contributed by atoms with Crippen molar-refractivity contribution < 1.29 is 13.2 Å². The zero-order valence-electron chi connectivity index (χ0n) is 5.42. The highest BCUT2D eigenvalue weighted by molar-refractivity contribution is 5.22. The van der Waals surface area contributed by atoms with Crippen molar-refractivity contribution in [2.75, 3.05) is 17.6 Å². The molecule has 3 N–H and O–H groups in total. The zero-order chi connectivity index (χ0) is 8.27. The van der Waals surface area contributed by atoms with Gasteiger partial charge in [0.05, 0.1) is 6.54 Å². The molecule has 1 heterocycles. The van der Waals surface area contributed by atoms with Crippen molar-refractivity contribution in [3.8, 4) is 0 Å². The van der Waals surface area contributed by atoms with Crippen LogP contribution in [-0.4, -0.2) is 23.2 Å². The van der Waals surface area contributed by atoms with Gasteiger partial charge >= 0.3 is 12.0 Å². The highest BCUT2D eigenvalue weighted by Crippen LogP contribution is 2.06. The van der Waals surface area contributed by atoms with Gasteiger partial charge in [-0.2, -0.15) is 0 Å². The average Bonchev–Trinajstić information content (AvgIpc) is 2.31. The number of aromatic nitrogens is 2. The topological polar surface area (TPSA) is 77.0 Å². The van der Waals surface area contributed by atoms with Crippen LogP contribution >= 0.6 is 0 Å². The first-order valence-corrected chi connectivity index (χ1v) is 2.79. The third kappa shape index (κ3) is 2.36. The van der Waals surface area contributed by atoms with Crippen LogP contribution in [0.15, 0.2) is 4.42 Å². The van der Waals surface area contributed by atoms with E-state index in [0.717, 1.165) is 0 Å². The second-order valence-electron chi connectivity index (χ2n) is 1.72. The fourth-order valence-corrected chi connectivity index (χ4v) is 0.470. The van der Waals surface area contributed by atoms with Gasteiger partial charge in [0.2, 0.25) is 0 Å². The van der Waals surface area contributed by atoms with Crippen molar-refractivity contribution in [1.29, 1.82) is 0 Å². The van der Waals surface area contributed by atoms with Gasteiger partial charge in [0.25, 0.3) is 6.43 Å². The molecule has 1 aromatic heterocycles. The Morgan fingerprint density at radius 2 is 2.27 bits per heavy atom. The molecule has 0 atom stereocenters. The van der Waals surface area contributed by atoms with Gasteiger partial charge in [-0.1, -0.05) is 10.2 Å². The molecule has 0 aliphatic rings. The summed E-state index contributed by atoms with van der Waals surface area (Å²) >= 11 is 0. The molecule has 0 amide bonds. The van der Waals surface area contributed by atoms with Gasteiger partial charge in [-0.05, 0) is 0 Å². The number of nitrogen functional groups attached to an aromatic ring is 1. The summed E-state index contributed by atoms with van der Waals surface area (Å²) in [4.78, 5) is 0.